The predicted molar refractivity (Wildman–Crippen MR) is 82.4 cm³/mol. The molecule has 0 atom stereocenters. The molecule has 0 radical (unpaired) electrons. The van der Waals surface area contributed by atoms with Crippen LogP contribution in [0.25, 0.3) is 0 Å². The number of anilines is 1. The summed E-state index contributed by atoms with van der Waals surface area (Å²) in [5.41, 5.74) is 0.896. The summed E-state index contributed by atoms with van der Waals surface area (Å²) in [5.74, 6) is -3.36. The maximum absolute atomic E-state index is 13.4. The molecule has 24 heavy (non-hydrogen) atoms. The van der Waals surface area contributed by atoms with Crippen LogP contribution in [0.4, 0.5) is 14.5 Å². The van der Waals surface area contributed by atoms with E-state index >= 15 is 0 Å². The number of nitrogens with one attached hydrogen (secondary N) is 2. The van der Waals surface area contributed by atoms with Crippen LogP contribution in [0.5, 0.6) is 5.88 Å². The van der Waals surface area contributed by atoms with Gasteiger partial charge in [0.2, 0.25) is 5.88 Å². The first-order valence-electron chi connectivity index (χ1n) is 6.95. The van der Waals surface area contributed by atoms with Gasteiger partial charge in [-0.1, -0.05) is 6.07 Å². The fourth-order valence-electron chi connectivity index (χ4n) is 1.90. The number of nitrogens with zero attached hydrogens (tertiary/aromatic N) is 1. The Kier molecular flexibility index (Phi) is 5.41. The van der Waals surface area contributed by atoms with Crippen LogP contribution in [0, 0.1) is 18.6 Å². The molecule has 8 heteroatoms. The number of rotatable bonds is 4. The zero-order chi connectivity index (χ0) is 17.7. The Hall–Kier alpha value is -3.03. The van der Waals surface area contributed by atoms with Gasteiger partial charge in [0, 0.05) is 23.9 Å². The largest absolute Gasteiger partial charge is 0.481 e. The zero-order valence-electron chi connectivity index (χ0n) is 13.0. The summed E-state index contributed by atoms with van der Waals surface area (Å²) in [5, 5.41) is 4.37. The minimum absolute atomic E-state index is 0.00562. The quantitative estimate of drug-likeness (QED) is 0.837. The van der Waals surface area contributed by atoms with Gasteiger partial charge in [-0.15, -0.1) is 0 Å². The van der Waals surface area contributed by atoms with Gasteiger partial charge in [-0.25, -0.2) is 13.8 Å². The standard InChI is InChI=1S/C16H15F2N3O3/c1-9-3-4-10(16(20-9)24-2)8-19-14(22)15(23)21-13-7-11(17)5-6-12(13)18/h3-7H,8H2,1-2H3,(H,19,22)(H,21,23). The Labute approximate surface area is 136 Å². The van der Waals surface area contributed by atoms with Crippen LogP contribution in [0.3, 0.4) is 0 Å². The van der Waals surface area contributed by atoms with Crippen LogP contribution in [-0.4, -0.2) is 23.9 Å². The van der Waals surface area contributed by atoms with Crippen molar-refractivity contribution in [2.24, 2.45) is 0 Å². The van der Waals surface area contributed by atoms with Gasteiger partial charge >= 0.3 is 11.8 Å². The molecule has 0 unspecified atom stereocenters. The van der Waals surface area contributed by atoms with Crippen molar-refractivity contribution in [1.29, 1.82) is 0 Å². The van der Waals surface area contributed by atoms with Gasteiger partial charge in [0.1, 0.15) is 11.6 Å². The molecule has 1 aromatic heterocycles. The third-order valence-corrected chi connectivity index (χ3v) is 3.09. The number of carbonyl (C=O) groups is 2. The van der Waals surface area contributed by atoms with Gasteiger partial charge in [-0.05, 0) is 25.1 Å². The van der Waals surface area contributed by atoms with Crippen molar-refractivity contribution in [2.75, 3.05) is 12.4 Å². The number of amides is 2. The summed E-state index contributed by atoms with van der Waals surface area (Å²) in [7, 11) is 1.44. The molecule has 0 aliphatic carbocycles. The second kappa shape index (κ2) is 7.49. The smallest absolute Gasteiger partial charge is 0.313 e. The van der Waals surface area contributed by atoms with E-state index in [2.05, 4.69) is 10.3 Å². The van der Waals surface area contributed by atoms with Crippen molar-refractivity contribution < 1.29 is 23.1 Å². The van der Waals surface area contributed by atoms with Crippen molar-refractivity contribution >= 4 is 17.5 Å². The number of aromatic nitrogens is 1. The minimum Gasteiger partial charge on any atom is -0.481 e. The SMILES string of the molecule is COc1nc(C)ccc1CNC(=O)C(=O)Nc1cc(F)ccc1F. The molecule has 6 nitrogen and oxygen atoms in total. The van der Waals surface area contributed by atoms with Crippen LogP contribution in [0.2, 0.25) is 0 Å². The Bertz CT molecular complexity index is 781. The third kappa shape index (κ3) is 4.25. The monoisotopic (exact) mass is 335 g/mol. The van der Waals surface area contributed by atoms with E-state index in [9.17, 15) is 18.4 Å². The Balaban J connectivity index is 1.99. The number of methoxy groups -OCH3 is 1. The number of hydrogen-bond acceptors (Lipinski definition) is 4. The van der Waals surface area contributed by atoms with E-state index in [4.69, 9.17) is 4.74 Å². The van der Waals surface area contributed by atoms with Crippen LogP contribution >= 0.6 is 0 Å². The number of ether oxygens (including phenoxy) is 1. The molecule has 0 saturated carbocycles. The maximum atomic E-state index is 13.4. The molecule has 0 fully saturated rings. The molecule has 2 amide bonds. The molecule has 2 aromatic rings. The lowest BCUT2D eigenvalue weighted by Gasteiger charge is -2.10. The van der Waals surface area contributed by atoms with Crippen molar-refractivity contribution in [2.45, 2.75) is 13.5 Å². The summed E-state index contributed by atoms with van der Waals surface area (Å²) in [6, 6.07) is 5.97. The number of carbonyl (C=O) groups excluding carboxylic acids is 2. The van der Waals surface area contributed by atoms with Crippen molar-refractivity contribution in [3.8, 4) is 5.88 Å². The lowest BCUT2D eigenvalue weighted by Crippen LogP contribution is -2.35. The summed E-state index contributed by atoms with van der Waals surface area (Å²) in [6.45, 7) is 1.78. The molecular weight excluding hydrogens is 320 g/mol. The summed E-state index contributed by atoms with van der Waals surface area (Å²) in [6.07, 6.45) is 0. The first-order valence-corrected chi connectivity index (χ1v) is 6.95. The molecule has 1 aromatic carbocycles. The van der Waals surface area contributed by atoms with E-state index in [0.29, 0.717) is 11.4 Å². The van der Waals surface area contributed by atoms with E-state index in [0.717, 1.165) is 23.9 Å². The second-order valence-electron chi connectivity index (χ2n) is 4.88. The topological polar surface area (TPSA) is 80.3 Å². The molecule has 0 aliphatic rings. The van der Waals surface area contributed by atoms with E-state index < -0.39 is 29.1 Å². The number of halogens is 2. The van der Waals surface area contributed by atoms with Crippen LogP contribution in [0.15, 0.2) is 30.3 Å². The molecule has 0 bridgehead atoms. The summed E-state index contributed by atoms with van der Waals surface area (Å²) < 4.78 is 31.6. The highest BCUT2D eigenvalue weighted by Crippen LogP contribution is 2.16. The number of pyridine rings is 1. The second-order valence-corrected chi connectivity index (χ2v) is 4.88. The van der Waals surface area contributed by atoms with E-state index in [-0.39, 0.29) is 6.54 Å². The normalized spacial score (nSPS) is 10.2. The molecule has 0 aliphatic heterocycles. The minimum atomic E-state index is -1.11. The van der Waals surface area contributed by atoms with Crippen LogP contribution < -0.4 is 15.4 Å². The number of hydrogen-bond donors (Lipinski definition) is 2. The van der Waals surface area contributed by atoms with Crippen LogP contribution in [0.1, 0.15) is 11.3 Å². The average Bonchev–Trinajstić information content (AvgIpc) is 2.56. The summed E-state index contributed by atoms with van der Waals surface area (Å²) in [4.78, 5) is 27.7. The van der Waals surface area contributed by atoms with Crippen molar-refractivity contribution in [3.05, 3.63) is 53.2 Å². The van der Waals surface area contributed by atoms with Crippen molar-refractivity contribution in [1.82, 2.24) is 10.3 Å². The number of aryl methyl sites for hydroxylation is 1. The van der Waals surface area contributed by atoms with Gasteiger partial charge in [0.15, 0.2) is 0 Å². The fourth-order valence-corrected chi connectivity index (χ4v) is 1.90. The Morgan fingerprint density at radius 2 is 1.92 bits per heavy atom. The van der Waals surface area contributed by atoms with Gasteiger partial charge < -0.3 is 15.4 Å². The van der Waals surface area contributed by atoms with E-state index in [1.54, 1.807) is 19.1 Å². The van der Waals surface area contributed by atoms with Crippen molar-refractivity contribution in [3.63, 3.8) is 0 Å². The summed E-state index contributed by atoms with van der Waals surface area (Å²) >= 11 is 0. The zero-order valence-corrected chi connectivity index (χ0v) is 13.0. The molecule has 0 saturated heterocycles. The highest BCUT2D eigenvalue weighted by molar-refractivity contribution is 6.39. The lowest BCUT2D eigenvalue weighted by atomic mass is 10.2. The highest BCUT2D eigenvalue weighted by Gasteiger charge is 2.17. The molecule has 2 rings (SSSR count). The molecular formula is C16H15F2N3O3. The molecule has 0 spiro atoms. The Morgan fingerprint density at radius 1 is 1.17 bits per heavy atom. The Morgan fingerprint density at radius 3 is 2.62 bits per heavy atom. The van der Waals surface area contributed by atoms with Gasteiger partial charge in [0.25, 0.3) is 0 Å². The number of benzene rings is 1. The molecule has 2 N–H and O–H groups in total. The van der Waals surface area contributed by atoms with E-state index in [1.165, 1.54) is 7.11 Å². The maximum Gasteiger partial charge on any atom is 0.313 e. The lowest BCUT2D eigenvalue weighted by molar-refractivity contribution is -0.136. The predicted octanol–water partition coefficient (Wildman–Crippen LogP) is 1.93. The average molecular weight is 335 g/mol. The van der Waals surface area contributed by atoms with Gasteiger partial charge in [-0.3, -0.25) is 9.59 Å². The molecule has 126 valence electrons. The van der Waals surface area contributed by atoms with Crippen LogP contribution in [-0.2, 0) is 16.1 Å². The fraction of sp³-hybridized carbons (Fsp3) is 0.188. The first-order chi connectivity index (χ1) is 11.4. The first kappa shape index (κ1) is 17.3. The highest BCUT2D eigenvalue weighted by atomic mass is 19.1. The third-order valence-electron chi connectivity index (χ3n) is 3.09. The van der Waals surface area contributed by atoms with Gasteiger partial charge in [-0.2, -0.15) is 0 Å². The van der Waals surface area contributed by atoms with E-state index in [1.807, 2.05) is 5.32 Å². The molecule has 1 heterocycles. The van der Waals surface area contributed by atoms with Gasteiger partial charge in [0.05, 0.1) is 12.8 Å².